The van der Waals surface area contributed by atoms with E-state index in [0.717, 1.165) is 17.7 Å². The van der Waals surface area contributed by atoms with Crippen LogP contribution in [0.4, 0.5) is 18.9 Å². The van der Waals surface area contributed by atoms with Crippen molar-refractivity contribution in [3.05, 3.63) is 30.3 Å². The van der Waals surface area contributed by atoms with Gasteiger partial charge in [0.25, 0.3) is 0 Å². The Morgan fingerprint density at radius 3 is 2.10 bits per heavy atom. The van der Waals surface area contributed by atoms with Crippen LogP contribution in [0.3, 0.4) is 0 Å². The van der Waals surface area contributed by atoms with Crippen LogP contribution in [-0.4, -0.2) is 71.8 Å². The lowest BCUT2D eigenvalue weighted by molar-refractivity contribution is -0.175. The van der Waals surface area contributed by atoms with Crippen LogP contribution in [0.1, 0.15) is 67.2 Å². The fourth-order valence-electron chi connectivity index (χ4n) is 3.98. The van der Waals surface area contributed by atoms with Gasteiger partial charge in [0.05, 0.1) is 18.5 Å². The molecule has 42 heavy (non-hydrogen) atoms. The van der Waals surface area contributed by atoms with Gasteiger partial charge in [0, 0.05) is 19.3 Å². The number of nitrogens with one attached hydrogen (secondary N) is 2. The summed E-state index contributed by atoms with van der Waals surface area (Å²) in [4.78, 5) is 51.8. The van der Waals surface area contributed by atoms with Crippen LogP contribution in [0.5, 0.6) is 0 Å². The predicted octanol–water partition coefficient (Wildman–Crippen LogP) is 4.75. The van der Waals surface area contributed by atoms with Gasteiger partial charge in [-0.15, -0.1) is 0 Å². The van der Waals surface area contributed by atoms with Gasteiger partial charge < -0.3 is 20.4 Å². The van der Waals surface area contributed by atoms with Crippen LogP contribution >= 0.6 is 0 Å². The number of carbonyl (C=O) groups is 4. The Kier molecular flexibility index (Phi) is 14.0. The third kappa shape index (κ3) is 12.9. The van der Waals surface area contributed by atoms with Gasteiger partial charge in [-0.2, -0.15) is 18.4 Å². The zero-order chi connectivity index (χ0) is 32.3. The van der Waals surface area contributed by atoms with E-state index in [9.17, 15) is 37.6 Å². The van der Waals surface area contributed by atoms with E-state index in [1.165, 1.54) is 11.9 Å². The van der Waals surface area contributed by atoms with Crippen LogP contribution in [0.15, 0.2) is 30.3 Å². The molecular formula is C30H44F3N5O4. The van der Waals surface area contributed by atoms with Crippen molar-refractivity contribution in [2.75, 3.05) is 25.5 Å². The molecule has 2 N–H and O–H groups in total. The highest BCUT2D eigenvalue weighted by molar-refractivity contribution is 5.94. The summed E-state index contributed by atoms with van der Waals surface area (Å²) in [6.07, 6.45) is -3.48. The summed E-state index contributed by atoms with van der Waals surface area (Å²) in [6.45, 7) is 12.2. The Bertz CT molecular complexity index is 1090. The van der Waals surface area contributed by atoms with Gasteiger partial charge in [-0.1, -0.05) is 72.6 Å². The van der Waals surface area contributed by atoms with Crippen molar-refractivity contribution in [1.29, 1.82) is 5.26 Å². The number of likely N-dealkylation sites (N-methyl/N-ethyl adjacent to an activating group) is 1. The summed E-state index contributed by atoms with van der Waals surface area (Å²) in [7, 11) is 1.25. The SMILES string of the molecule is CC.CC(C)(C)C.CN(CC(=O)N1CC(C(=O)Nc2ccccc2)CC1C#N)C(=O)C(CC1CC1)NC(=O)C(F)(F)F. The zero-order valence-corrected chi connectivity index (χ0v) is 25.5. The number of nitrogens with zero attached hydrogens (tertiary/aromatic N) is 3. The number of rotatable bonds is 8. The molecule has 12 heteroatoms. The Balaban J connectivity index is 0.00000114. The number of hydrogen-bond acceptors (Lipinski definition) is 5. The minimum atomic E-state index is -5.14. The van der Waals surface area contributed by atoms with E-state index in [1.807, 2.05) is 19.9 Å². The number of hydrogen-bond donors (Lipinski definition) is 2. The number of amides is 4. The van der Waals surface area contributed by atoms with Crippen LogP contribution in [-0.2, 0) is 19.2 Å². The maximum Gasteiger partial charge on any atom is 0.471 e. The monoisotopic (exact) mass is 595 g/mol. The number of alkyl halides is 3. The zero-order valence-electron chi connectivity index (χ0n) is 25.5. The fourth-order valence-corrected chi connectivity index (χ4v) is 3.98. The molecule has 9 nitrogen and oxygen atoms in total. The Morgan fingerprint density at radius 1 is 1.07 bits per heavy atom. The maximum absolute atomic E-state index is 12.9. The molecule has 1 aliphatic carbocycles. The minimum absolute atomic E-state index is 0.0337. The largest absolute Gasteiger partial charge is 0.471 e. The molecule has 1 heterocycles. The van der Waals surface area contributed by atoms with Crippen LogP contribution in [0.2, 0.25) is 0 Å². The van der Waals surface area contributed by atoms with E-state index >= 15 is 0 Å². The summed E-state index contributed by atoms with van der Waals surface area (Å²) in [5.41, 5.74) is 1.07. The molecule has 3 atom stereocenters. The second-order valence-corrected chi connectivity index (χ2v) is 11.9. The summed E-state index contributed by atoms with van der Waals surface area (Å²) < 4.78 is 38.1. The first kappa shape index (κ1) is 36.4. The number of nitriles is 1. The van der Waals surface area contributed by atoms with E-state index < -0.39 is 48.4 Å². The van der Waals surface area contributed by atoms with Gasteiger partial charge in [-0.25, -0.2) is 0 Å². The molecule has 234 valence electrons. The predicted molar refractivity (Wildman–Crippen MR) is 154 cm³/mol. The average molecular weight is 596 g/mol. The summed E-state index contributed by atoms with van der Waals surface area (Å²) >= 11 is 0. The number of carbonyl (C=O) groups excluding carboxylic acids is 4. The van der Waals surface area contributed by atoms with Crippen molar-refractivity contribution >= 4 is 29.3 Å². The molecule has 0 radical (unpaired) electrons. The van der Waals surface area contributed by atoms with Crippen molar-refractivity contribution in [1.82, 2.24) is 15.1 Å². The quantitative estimate of drug-likeness (QED) is 0.449. The molecule has 0 spiro atoms. The molecule has 1 saturated carbocycles. The maximum atomic E-state index is 12.9. The second-order valence-electron chi connectivity index (χ2n) is 11.9. The molecule has 1 aromatic carbocycles. The lowest BCUT2D eigenvalue weighted by Crippen LogP contribution is -2.53. The third-order valence-electron chi connectivity index (χ3n) is 6.06. The first-order valence-electron chi connectivity index (χ1n) is 14.2. The van der Waals surface area contributed by atoms with Gasteiger partial charge in [-0.3, -0.25) is 19.2 Å². The highest BCUT2D eigenvalue weighted by Crippen LogP contribution is 2.34. The standard InChI is InChI=1S/C23H26F3N5O4.C5H12.C2H6/c1-30(21(34)18(9-14-7-8-14)29-22(35)23(24,25)26)13-19(32)31-12-15(10-17(31)11-27)20(33)28-16-5-3-2-4-6-16;1-5(2,3)4;1-2/h2-6,14-15,17-18H,7-10,12-13H2,1H3,(H,28,33)(H,29,35);1-4H3;1-2H3. The van der Waals surface area contributed by atoms with Gasteiger partial charge in [0.15, 0.2) is 0 Å². The summed E-state index contributed by atoms with van der Waals surface area (Å²) in [6, 6.07) is 8.38. The summed E-state index contributed by atoms with van der Waals surface area (Å²) in [5.74, 6) is -4.61. The van der Waals surface area contributed by atoms with Crippen molar-refractivity contribution in [3.8, 4) is 6.07 Å². The number of likely N-dealkylation sites (tertiary alicyclic amines) is 1. The molecule has 3 unspecified atom stereocenters. The lowest BCUT2D eigenvalue weighted by atomic mass is 10.0. The van der Waals surface area contributed by atoms with E-state index in [2.05, 4.69) is 33.0 Å². The topological polar surface area (TPSA) is 123 Å². The third-order valence-corrected chi connectivity index (χ3v) is 6.06. The van der Waals surface area contributed by atoms with Gasteiger partial charge >= 0.3 is 12.1 Å². The Hall–Kier alpha value is -3.62. The number of halogens is 3. The number of para-hydroxylation sites is 1. The molecule has 2 fully saturated rings. The number of anilines is 1. The summed E-state index contributed by atoms with van der Waals surface area (Å²) in [5, 5.41) is 13.9. The Morgan fingerprint density at radius 2 is 1.62 bits per heavy atom. The van der Waals surface area contributed by atoms with E-state index in [-0.39, 0.29) is 31.2 Å². The molecule has 1 saturated heterocycles. The first-order valence-corrected chi connectivity index (χ1v) is 14.2. The van der Waals surface area contributed by atoms with E-state index in [4.69, 9.17) is 0 Å². The van der Waals surface area contributed by atoms with Gasteiger partial charge in [-0.05, 0) is 36.3 Å². The molecule has 3 rings (SSSR count). The van der Waals surface area contributed by atoms with Crippen molar-refractivity contribution < 1.29 is 32.3 Å². The van der Waals surface area contributed by atoms with Crippen molar-refractivity contribution in [3.63, 3.8) is 0 Å². The Labute approximate surface area is 246 Å². The normalized spacial score (nSPS) is 18.6. The molecule has 1 aromatic rings. The molecule has 4 amide bonds. The average Bonchev–Trinajstić information content (AvgIpc) is 3.61. The van der Waals surface area contributed by atoms with Crippen molar-refractivity contribution in [2.24, 2.45) is 17.3 Å². The highest BCUT2D eigenvalue weighted by atomic mass is 19.4. The molecule has 1 aliphatic heterocycles. The van der Waals surface area contributed by atoms with E-state index in [0.29, 0.717) is 11.1 Å². The molecule has 0 aromatic heterocycles. The van der Waals surface area contributed by atoms with Crippen LogP contribution in [0, 0.1) is 28.6 Å². The minimum Gasteiger partial charge on any atom is -0.336 e. The number of benzene rings is 1. The molecular weight excluding hydrogens is 551 g/mol. The molecule has 2 aliphatic rings. The first-order chi connectivity index (χ1) is 19.5. The molecule has 0 bridgehead atoms. The van der Waals surface area contributed by atoms with Crippen LogP contribution < -0.4 is 10.6 Å². The highest BCUT2D eigenvalue weighted by Gasteiger charge is 2.43. The lowest BCUT2D eigenvalue weighted by Gasteiger charge is -2.27. The van der Waals surface area contributed by atoms with E-state index in [1.54, 1.807) is 35.6 Å². The van der Waals surface area contributed by atoms with Gasteiger partial charge in [0.1, 0.15) is 12.1 Å². The fraction of sp³-hybridized carbons (Fsp3) is 0.633. The van der Waals surface area contributed by atoms with Crippen LogP contribution in [0.25, 0.3) is 0 Å². The second kappa shape index (κ2) is 16.1. The van der Waals surface area contributed by atoms with Gasteiger partial charge in [0.2, 0.25) is 17.7 Å². The smallest absolute Gasteiger partial charge is 0.336 e. The van der Waals surface area contributed by atoms with Crippen molar-refractivity contribution in [2.45, 2.75) is 85.5 Å².